The van der Waals surface area contributed by atoms with E-state index in [0.717, 1.165) is 0 Å². The molecule has 2 aromatic heterocycles. The molecule has 4 aromatic rings. The molecule has 2 N–H and O–H groups in total. The third kappa shape index (κ3) is 4.48. The highest BCUT2D eigenvalue weighted by molar-refractivity contribution is 7.99. The van der Waals surface area contributed by atoms with E-state index in [9.17, 15) is 14.0 Å². The minimum absolute atomic E-state index is 0.0577. The highest BCUT2D eigenvalue weighted by Gasteiger charge is 2.19. The maximum atomic E-state index is 13.7. The Bertz CT molecular complexity index is 1320. The van der Waals surface area contributed by atoms with Gasteiger partial charge in [-0.1, -0.05) is 36.0 Å². The van der Waals surface area contributed by atoms with Crippen molar-refractivity contribution in [1.29, 1.82) is 0 Å². The zero-order valence-corrected chi connectivity index (χ0v) is 17.6. The Morgan fingerprint density at radius 1 is 1.19 bits per heavy atom. The third-order valence-corrected chi connectivity index (χ3v) is 5.83. The molecule has 8 nitrogen and oxygen atoms in total. The first-order valence-electron chi connectivity index (χ1n) is 9.50. The quantitative estimate of drug-likeness (QED) is 0.448. The van der Waals surface area contributed by atoms with Crippen LogP contribution < -0.4 is 10.9 Å². The molecule has 0 saturated heterocycles. The Morgan fingerprint density at radius 2 is 1.94 bits per heavy atom. The molecule has 2 heterocycles. The molecule has 0 saturated carbocycles. The van der Waals surface area contributed by atoms with Crippen molar-refractivity contribution in [3.05, 3.63) is 76.4 Å². The number of aromatic amines is 1. The molecule has 0 aliphatic carbocycles. The summed E-state index contributed by atoms with van der Waals surface area (Å²) in [7, 11) is 1.75. The van der Waals surface area contributed by atoms with E-state index in [1.54, 1.807) is 41.9 Å². The van der Waals surface area contributed by atoms with Crippen molar-refractivity contribution in [2.24, 2.45) is 7.05 Å². The number of rotatable bonds is 6. The number of nitrogens with zero attached hydrogens (tertiary/aromatic N) is 4. The Labute approximate surface area is 180 Å². The number of halogens is 1. The van der Waals surface area contributed by atoms with Gasteiger partial charge in [-0.3, -0.25) is 9.59 Å². The lowest BCUT2D eigenvalue weighted by molar-refractivity contribution is -0.115. The summed E-state index contributed by atoms with van der Waals surface area (Å²) in [5.41, 5.74) is 0.540. The summed E-state index contributed by atoms with van der Waals surface area (Å²) < 4.78 is 15.4. The number of carbonyl (C=O) groups excluding carboxylic acids is 1. The summed E-state index contributed by atoms with van der Waals surface area (Å²) in [6.07, 6.45) is -0.0577. The second-order valence-corrected chi connectivity index (χ2v) is 8.20. The molecular weight excluding hydrogens is 419 g/mol. The number of benzene rings is 2. The Morgan fingerprint density at radius 3 is 2.74 bits per heavy atom. The minimum Gasteiger partial charge on any atom is -0.323 e. The number of H-pyrrole nitrogens is 1. The first-order chi connectivity index (χ1) is 14.9. The van der Waals surface area contributed by atoms with E-state index in [0.29, 0.717) is 27.7 Å². The molecule has 1 amide bonds. The van der Waals surface area contributed by atoms with Gasteiger partial charge in [0.15, 0.2) is 5.16 Å². The van der Waals surface area contributed by atoms with Gasteiger partial charge in [-0.05, 0) is 31.2 Å². The predicted molar refractivity (Wildman–Crippen MR) is 116 cm³/mol. The summed E-state index contributed by atoms with van der Waals surface area (Å²) in [4.78, 5) is 32.0. The summed E-state index contributed by atoms with van der Waals surface area (Å²) in [5.74, 6) is 0.0561. The van der Waals surface area contributed by atoms with Gasteiger partial charge in [0.25, 0.3) is 5.56 Å². The van der Waals surface area contributed by atoms with Gasteiger partial charge in [-0.15, -0.1) is 10.2 Å². The van der Waals surface area contributed by atoms with E-state index in [1.807, 2.05) is 13.0 Å². The van der Waals surface area contributed by atoms with Crippen molar-refractivity contribution in [3.63, 3.8) is 0 Å². The normalized spacial score (nSPS) is 12.1. The molecule has 0 unspecified atom stereocenters. The predicted octanol–water partition coefficient (Wildman–Crippen LogP) is 3.23. The van der Waals surface area contributed by atoms with Crippen LogP contribution in [0.1, 0.15) is 23.8 Å². The Kier molecular flexibility index (Phi) is 5.81. The SMILES string of the molecule is C[C@H](Sc1nnc(CC(=O)Nc2ccccc2F)n1C)c1nc2ccccc2c(=O)[nH]1. The first-order valence-corrected chi connectivity index (χ1v) is 10.4. The van der Waals surface area contributed by atoms with Gasteiger partial charge in [-0.2, -0.15) is 0 Å². The number of carbonyl (C=O) groups is 1. The Balaban J connectivity index is 1.47. The number of aromatic nitrogens is 5. The van der Waals surface area contributed by atoms with Crippen LogP contribution in [-0.2, 0) is 18.3 Å². The lowest BCUT2D eigenvalue weighted by Crippen LogP contribution is -2.17. The molecule has 0 radical (unpaired) electrons. The lowest BCUT2D eigenvalue weighted by atomic mass is 10.2. The third-order valence-electron chi connectivity index (χ3n) is 4.69. The molecule has 158 valence electrons. The second-order valence-electron chi connectivity index (χ2n) is 6.89. The van der Waals surface area contributed by atoms with E-state index in [-0.39, 0.29) is 22.9 Å². The molecule has 31 heavy (non-hydrogen) atoms. The Hall–Kier alpha value is -3.53. The highest BCUT2D eigenvalue weighted by Crippen LogP contribution is 2.31. The summed E-state index contributed by atoms with van der Waals surface area (Å²) in [5, 5.41) is 11.6. The summed E-state index contributed by atoms with van der Waals surface area (Å²) >= 11 is 1.36. The fourth-order valence-corrected chi connectivity index (χ4v) is 3.90. The molecular formula is C21H19FN6O2S. The molecule has 0 aliphatic rings. The van der Waals surface area contributed by atoms with E-state index >= 15 is 0 Å². The van der Waals surface area contributed by atoms with E-state index in [1.165, 1.54) is 23.9 Å². The fourth-order valence-electron chi connectivity index (χ4n) is 3.01. The summed E-state index contributed by atoms with van der Waals surface area (Å²) in [6, 6.07) is 13.1. The zero-order valence-electron chi connectivity index (χ0n) is 16.8. The van der Waals surface area contributed by atoms with E-state index < -0.39 is 11.7 Å². The summed E-state index contributed by atoms with van der Waals surface area (Å²) in [6.45, 7) is 1.90. The van der Waals surface area contributed by atoms with Crippen LogP contribution in [0.25, 0.3) is 10.9 Å². The van der Waals surface area contributed by atoms with Gasteiger partial charge in [0, 0.05) is 7.05 Å². The van der Waals surface area contributed by atoms with Gasteiger partial charge in [0.05, 0.1) is 28.3 Å². The topological polar surface area (TPSA) is 106 Å². The van der Waals surface area contributed by atoms with Crippen molar-refractivity contribution in [2.75, 3.05) is 5.32 Å². The lowest BCUT2D eigenvalue weighted by Gasteiger charge is -2.11. The molecule has 2 aromatic carbocycles. The van der Waals surface area contributed by atoms with E-state index in [4.69, 9.17) is 0 Å². The molecule has 1 atom stereocenters. The fraction of sp³-hybridized carbons (Fsp3) is 0.190. The number of hydrogen-bond acceptors (Lipinski definition) is 6. The zero-order chi connectivity index (χ0) is 22.0. The molecule has 0 bridgehead atoms. The minimum atomic E-state index is -0.504. The first kappa shape index (κ1) is 20.7. The van der Waals surface area contributed by atoms with Crippen LogP contribution in [0.3, 0.4) is 0 Å². The number of anilines is 1. The number of hydrogen-bond donors (Lipinski definition) is 2. The maximum absolute atomic E-state index is 13.7. The number of para-hydroxylation sites is 2. The van der Waals surface area contributed by atoms with Crippen LogP contribution in [-0.4, -0.2) is 30.6 Å². The molecule has 0 aliphatic heterocycles. The average molecular weight is 438 g/mol. The molecule has 10 heteroatoms. The number of thioether (sulfide) groups is 1. The van der Waals surface area contributed by atoms with Gasteiger partial charge < -0.3 is 14.9 Å². The molecule has 0 spiro atoms. The van der Waals surface area contributed by atoms with Crippen molar-refractivity contribution in [3.8, 4) is 0 Å². The molecule has 4 rings (SSSR count). The van der Waals surface area contributed by atoms with Crippen molar-refractivity contribution >= 4 is 34.3 Å². The van der Waals surface area contributed by atoms with Crippen LogP contribution in [0, 0.1) is 5.82 Å². The van der Waals surface area contributed by atoms with Crippen LogP contribution in [0.4, 0.5) is 10.1 Å². The van der Waals surface area contributed by atoms with Crippen LogP contribution in [0.2, 0.25) is 0 Å². The average Bonchev–Trinajstić information content (AvgIpc) is 3.09. The van der Waals surface area contributed by atoms with Crippen LogP contribution in [0.5, 0.6) is 0 Å². The second kappa shape index (κ2) is 8.68. The number of amides is 1. The van der Waals surface area contributed by atoms with Crippen LogP contribution >= 0.6 is 11.8 Å². The highest BCUT2D eigenvalue weighted by atomic mass is 32.2. The van der Waals surface area contributed by atoms with Crippen LogP contribution in [0.15, 0.2) is 58.5 Å². The number of fused-ring (bicyclic) bond motifs is 1. The van der Waals surface area contributed by atoms with Gasteiger partial charge >= 0.3 is 0 Å². The smallest absolute Gasteiger partial charge is 0.258 e. The van der Waals surface area contributed by atoms with Gasteiger partial charge in [-0.25, -0.2) is 9.37 Å². The van der Waals surface area contributed by atoms with Crippen molar-refractivity contribution in [2.45, 2.75) is 23.8 Å². The van der Waals surface area contributed by atoms with Gasteiger partial charge in [0.2, 0.25) is 5.91 Å². The van der Waals surface area contributed by atoms with E-state index in [2.05, 4.69) is 25.5 Å². The standard InChI is InChI=1S/C21H19FN6O2S/c1-12(19-24-15-9-5-3-7-13(15)20(30)25-19)31-21-27-26-17(28(21)2)11-18(29)23-16-10-6-4-8-14(16)22/h3-10,12H,11H2,1-2H3,(H,23,29)(H,24,25,30)/t12-/m0/s1. The van der Waals surface area contributed by atoms with Gasteiger partial charge in [0.1, 0.15) is 17.5 Å². The van der Waals surface area contributed by atoms with Crippen molar-refractivity contribution < 1.29 is 9.18 Å². The van der Waals surface area contributed by atoms with Crippen molar-refractivity contribution in [1.82, 2.24) is 24.7 Å². The monoisotopic (exact) mass is 438 g/mol. The number of nitrogens with one attached hydrogen (secondary N) is 2. The maximum Gasteiger partial charge on any atom is 0.258 e. The molecule has 0 fully saturated rings. The largest absolute Gasteiger partial charge is 0.323 e.